The summed E-state index contributed by atoms with van der Waals surface area (Å²) in [5.74, 6) is 0.760. The molecular formula is C10H19NO2. The van der Waals surface area contributed by atoms with Gasteiger partial charge in [-0.1, -0.05) is 20.8 Å². The zero-order chi connectivity index (χ0) is 10.1. The molecule has 0 unspecified atom stereocenters. The molecule has 1 saturated heterocycles. The van der Waals surface area contributed by atoms with Crippen LogP contribution in [0.1, 0.15) is 20.8 Å². The molecule has 0 spiro atoms. The van der Waals surface area contributed by atoms with Crippen LogP contribution in [-0.2, 0) is 9.53 Å². The minimum Gasteiger partial charge on any atom is -0.375 e. The van der Waals surface area contributed by atoms with Crippen LogP contribution in [0.3, 0.4) is 0 Å². The number of likely N-dealkylation sites (tertiary alicyclic amines) is 1. The fourth-order valence-electron chi connectivity index (χ4n) is 1.44. The summed E-state index contributed by atoms with van der Waals surface area (Å²) < 4.78 is 4.79. The van der Waals surface area contributed by atoms with E-state index in [1.165, 1.54) is 0 Å². The van der Waals surface area contributed by atoms with E-state index in [0.717, 1.165) is 13.1 Å². The van der Waals surface area contributed by atoms with Gasteiger partial charge in [-0.25, -0.2) is 0 Å². The van der Waals surface area contributed by atoms with E-state index in [-0.39, 0.29) is 12.5 Å². The summed E-state index contributed by atoms with van der Waals surface area (Å²) in [5.41, 5.74) is 0.323. The van der Waals surface area contributed by atoms with E-state index in [4.69, 9.17) is 4.74 Å². The van der Waals surface area contributed by atoms with Gasteiger partial charge < -0.3 is 9.64 Å². The van der Waals surface area contributed by atoms with Crippen LogP contribution in [-0.4, -0.2) is 37.6 Å². The van der Waals surface area contributed by atoms with Gasteiger partial charge in [-0.15, -0.1) is 0 Å². The minimum atomic E-state index is 0.114. The van der Waals surface area contributed by atoms with Crippen LogP contribution < -0.4 is 0 Å². The topological polar surface area (TPSA) is 29.5 Å². The number of hydrogen-bond acceptors (Lipinski definition) is 2. The summed E-state index contributed by atoms with van der Waals surface area (Å²) in [6.45, 7) is 8.66. The number of methoxy groups -OCH3 is 1. The standard InChI is InChI=1S/C10H19NO2/c1-10(2,3)8-5-11(6-8)9(12)7-13-4/h8H,5-7H2,1-4H3. The van der Waals surface area contributed by atoms with Gasteiger partial charge in [-0.2, -0.15) is 0 Å². The summed E-state index contributed by atoms with van der Waals surface area (Å²) in [6, 6.07) is 0. The van der Waals surface area contributed by atoms with Crippen molar-refractivity contribution in [2.45, 2.75) is 20.8 Å². The molecule has 1 heterocycles. The lowest BCUT2D eigenvalue weighted by Gasteiger charge is -2.46. The number of ether oxygens (including phenoxy) is 1. The zero-order valence-electron chi connectivity index (χ0n) is 8.96. The molecule has 0 N–H and O–H groups in total. The largest absolute Gasteiger partial charge is 0.375 e. The fourth-order valence-corrected chi connectivity index (χ4v) is 1.44. The molecule has 1 amide bonds. The third-order valence-corrected chi connectivity index (χ3v) is 2.73. The summed E-state index contributed by atoms with van der Waals surface area (Å²) in [6.07, 6.45) is 0. The molecule has 0 atom stereocenters. The van der Waals surface area contributed by atoms with Crippen LogP contribution in [0.25, 0.3) is 0 Å². The molecule has 1 fully saturated rings. The van der Waals surface area contributed by atoms with Gasteiger partial charge in [0.2, 0.25) is 5.91 Å². The number of hydrogen-bond donors (Lipinski definition) is 0. The van der Waals surface area contributed by atoms with Crippen LogP contribution in [0.4, 0.5) is 0 Å². The lowest BCUT2D eigenvalue weighted by molar-refractivity contribution is -0.144. The highest BCUT2D eigenvalue weighted by atomic mass is 16.5. The van der Waals surface area contributed by atoms with Crippen molar-refractivity contribution in [3.8, 4) is 0 Å². The molecule has 76 valence electrons. The average molecular weight is 185 g/mol. The van der Waals surface area contributed by atoms with Crippen LogP contribution in [0, 0.1) is 11.3 Å². The zero-order valence-corrected chi connectivity index (χ0v) is 8.96. The van der Waals surface area contributed by atoms with Crippen molar-refractivity contribution in [3.63, 3.8) is 0 Å². The molecule has 0 aromatic heterocycles. The third-order valence-electron chi connectivity index (χ3n) is 2.73. The molecule has 1 aliphatic rings. The maximum Gasteiger partial charge on any atom is 0.248 e. The number of amides is 1. The Morgan fingerprint density at radius 1 is 1.46 bits per heavy atom. The van der Waals surface area contributed by atoms with E-state index >= 15 is 0 Å². The van der Waals surface area contributed by atoms with Crippen LogP contribution in [0.5, 0.6) is 0 Å². The van der Waals surface area contributed by atoms with E-state index in [9.17, 15) is 4.79 Å². The lowest BCUT2D eigenvalue weighted by atomic mass is 9.76. The average Bonchev–Trinajstić information content (AvgIpc) is 1.79. The normalized spacial score (nSPS) is 18.6. The van der Waals surface area contributed by atoms with Crippen molar-refractivity contribution < 1.29 is 9.53 Å². The van der Waals surface area contributed by atoms with Gasteiger partial charge in [0.1, 0.15) is 6.61 Å². The SMILES string of the molecule is COCC(=O)N1CC(C(C)(C)C)C1. The highest BCUT2D eigenvalue weighted by molar-refractivity contribution is 5.78. The quantitative estimate of drug-likeness (QED) is 0.645. The summed E-state index contributed by atoms with van der Waals surface area (Å²) in [4.78, 5) is 13.2. The number of rotatable bonds is 2. The minimum absolute atomic E-state index is 0.114. The summed E-state index contributed by atoms with van der Waals surface area (Å²) >= 11 is 0. The molecule has 0 aromatic rings. The third kappa shape index (κ3) is 2.44. The summed E-state index contributed by atoms with van der Waals surface area (Å²) in [7, 11) is 1.55. The van der Waals surface area contributed by atoms with Crippen LogP contribution >= 0.6 is 0 Å². The maximum absolute atomic E-state index is 11.3. The Balaban J connectivity index is 2.29. The summed E-state index contributed by atoms with van der Waals surface area (Å²) in [5, 5.41) is 0. The van der Waals surface area contributed by atoms with Crippen molar-refractivity contribution in [1.29, 1.82) is 0 Å². The number of carbonyl (C=O) groups is 1. The molecule has 0 bridgehead atoms. The predicted molar refractivity (Wildman–Crippen MR) is 51.4 cm³/mol. The van der Waals surface area contributed by atoms with Gasteiger partial charge in [0.25, 0.3) is 0 Å². The van der Waals surface area contributed by atoms with Crippen LogP contribution in [0.2, 0.25) is 0 Å². The van der Waals surface area contributed by atoms with Gasteiger partial charge in [-0.3, -0.25) is 4.79 Å². The molecule has 1 rings (SSSR count). The fraction of sp³-hybridized carbons (Fsp3) is 0.900. The van der Waals surface area contributed by atoms with Gasteiger partial charge in [0.05, 0.1) is 0 Å². The molecule has 0 radical (unpaired) electrons. The van der Waals surface area contributed by atoms with Gasteiger partial charge in [-0.05, 0) is 11.3 Å². The number of nitrogens with zero attached hydrogens (tertiary/aromatic N) is 1. The molecule has 3 heteroatoms. The first-order chi connectivity index (χ1) is 5.95. The second kappa shape index (κ2) is 3.66. The Bertz CT molecular complexity index is 190. The molecule has 13 heavy (non-hydrogen) atoms. The maximum atomic E-state index is 11.3. The van der Waals surface area contributed by atoms with Crippen LogP contribution in [0.15, 0.2) is 0 Å². The Morgan fingerprint density at radius 2 is 2.00 bits per heavy atom. The monoisotopic (exact) mass is 185 g/mol. The smallest absolute Gasteiger partial charge is 0.248 e. The van der Waals surface area contributed by atoms with E-state index in [1.54, 1.807) is 7.11 Å². The van der Waals surface area contributed by atoms with E-state index in [2.05, 4.69) is 20.8 Å². The van der Waals surface area contributed by atoms with Crippen molar-refractivity contribution in [3.05, 3.63) is 0 Å². The number of carbonyl (C=O) groups excluding carboxylic acids is 1. The van der Waals surface area contributed by atoms with Crippen molar-refractivity contribution in [2.24, 2.45) is 11.3 Å². The first-order valence-electron chi connectivity index (χ1n) is 4.72. The van der Waals surface area contributed by atoms with Gasteiger partial charge in [0.15, 0.2) is 0 Å². The van der Waals surface area contributed by atoms with E-state index < -0.39 is 0 Å². The van der Waals surface area contributed by atoms with Gasteiger partial charge >= 0.3 is 0 Å². The van der Waals surface area contributed by atoms with Crippen molar-refractivity contribution in [2.75, 3.05) is 26.8 Å². The highest BCUT2D eigenvalue weighted by Gasteiger charge is 2.37. The van der Waals surface area contributed by atoms with Gasteiger partial charge in [0, 0.05) is 20.2 Å². The second-order valence-electron chi connectivity index (χ2n) is 4.79. The second-order valence-corrected chi connectivity index (χ2v) is 4.79. The van der Waals surface area contributed by atoms with Crippen molar-refractivity contribution >= 4 is 5.91 Å². The Kier molecular flexibility index (Phi) is 2.96. The predicted octanol–water partition coefficient (Wildman–Crippen LogP) is 1.14. The first kappa shape index (κ1) is 10.5. The van der Waals surface area contributed by atoms with E-state index in [0.29, 0.717) is 11.3 Å². The Morgan fingerprint density at radius 3 is 2.38 bits per heavy atom. The first-order valence-corrected chi connectivity index (χ1v) is 4.72. The molecule has 0 saturated carbocycles. The molecule has 0 aliphatic carbocycles. The van der Waals surface area contributed by atoms with Crippen molar-refractivity contribution in [1.82, 2.24) is 4.90 Å². The molecule has 1 aliphatic heterocycles. The van der Waals surface area contributed by atoms with E-state index in [1.807, 2.05) is 4.90 Å². The lowest BCUT2D eigenvalue weighted by Crippen LogP contribution is -2.55. The Labute approximate surface area is 80.1 Å². The molecular weight excluding hydrogens is 166 g/mol. The highest BCUT2D eigenvalue weighted by Crippen LogP contribution is 2.33. The molecule has 3 nitrogen and oxygen atoms in total. The molecule has 0 aromatic carbocycles. The Hall–Kier alpha value is -0.570.